The predicted octanol–water partition coefficient (Wildman–Crippen LogP) is 3.83. The van der Waals surface area contributed by atoms with Crippen LogP contribution < -0.4 is 5.32 Å². The first-order valence-corrected chi connectivity index (χ1v) is 6.79. The lowest BCUT2D eigenvalue weighted by atomic mass is 10.2. The minimum atomic E-state index is 0.365. The smallest absolute Gasteiger partial charge is 0.0803 e. The summed E-state index contributed by atoms with van der Waals surface area (Å²) in [6, 6.07) is 6.08. The molecule has 1 aliphatic heterocycles. The molecule has 0 amide bonds. The molecule has 14 heavy (non-hydrogen) atoms. The van der Waals surface area contributed by atoms with Gasteiger partial charge in [0.25, 0.3) is 0 Å². The molecule has 76 valence electrons. The van der Waals surface area contributed by atoms with Crippen molar-refractivity contribution in [3.63, 3.8) is 0 Å². The van der Waals surface area contributed by atoms with Gasteiger partial charge in [-0.05, 0) is 36.4 Å². The van der Waals surface area contributed by atoms with Crippen LogP contribution >= 0.6 is 39.3 Å². The highest BCUT2D eigenvalue weighted by molar-refractivity contribution is 9.10. The number of benzene rings is 1. The van der Waals surface area contributed by atoms with Gasteiger partial charge in [-0.1, -0.05) is 33.6 Å². The molecule has 0 spiro atoms. The second-order valence-corrected chi connectivity index (χ2v) is 5.76. The maximum Gasteiger partial charge on any atom is 0.0803 e. The first kappa shape index (κ1) is 10.8. The summed E-state index contributed by atoms with van der Waals surface area (Å²) in [5.74, 6) is 1.21. The number of halogens is 2. The van der Waals surface area contributed by atoms with Crippen molar-refractivity contribution in [3.05, 3.63) is 33.3 Å². The van der Waals surface area contributed by atoms with Crippen LogP contribution in [-0.4, -0.2) is 12.3 Å². The molecule has 1 atom stereocenters. The molecule has 4 heteroatoms. The fraction of sp³-hybridized carbons (Fsp3) is 0.400. The Labute approximate surface area is 102 Å². The summed E-state index contributed by atoms with van der Waals surface area (Å²) in [6.45, 7) is 1.09. The van der Waals surface area contributed by atoms with Crippen molar-refractivity contribution >= 4 is 39.3 Å². The van der Waals surface area contributed by atoms with Crippen LogP contribution in [0.2, 0.25) is 5.02 Å². The Morgan fingerprint density at radius 1 is 1.50 bits per heavy atom. The van der Waals surface area contributed by atoms with Gasteiger partial charge in [-0.25, -0.2) is 0 Å². The maximum atomic E-state index is 6.18. The fourth-order valence-corrected chi connectivity index (χ4v) is 3.49. The Bertz CT molecular complexity index is 326. The Morgan fingerprint density at radius 3 is 3.00 bits per heavy atom. The van der Waals surface area contributed by atoms with Gasteiger partial charge >= 0.3 is 0 Å². The van der Waals surface area contributed by atoms with E-state index in [1.54, 1.807) is 0 Å². The van der Waals surface area contributed by atoms with Crippen molar-refractivity contribution in [2.75, 3.05) is 12.3 Å². The van der Waals surface area contributed by atoms with Gasteiger partial charge in [0.15, 0.2) is 0 Å². The lowest BCUT2D eigenvalue weighted by Crippen LogP contribution is -2.25. The molecular formula is C10H11BrClNS. The monoisotopic (exact) mass is 291 g/mol. The molecule has 1 aromatic rings. The summed E-state index contributed by atoms with van der Waals surface area (Å²) in [5, 5.41) is 4.66. The molecule has 1 nitrogen and oxygen atoms in total. The van der Waals surface area contributed by atoms with Gasteiger partial charge in [-0.2, -0.15) is 0 Å². The van der Waals surface area contributed by atoms with E-state index in [0.29, 0.717) is 5.37 Å². The average molecular weight is 293 g/mol. The summed E-state index contributed by atoms with van der Waals surface area (Å²) >= 11 is 11.5. The summed E-state index contributed by atoms with van der Waals surface area (Å²) in [4.78, 5) is 0. The number of nitrogens with one attached hydrogen (secondary N) is 1. The van der Waals surface area contributed by atoms with Gasteiger partial charge in [-0.3, -0.25) is 0 Å². The number of rotatable bonds is 1. The van der Waals surface area contributed by atoms with Crippen molar-refractivity contribution in [1.82, 2.24) is 5.32 Å². The van der Waals surface area contributed by atoms with Gasteiger partial charge in [0, 0.05) is 9.50 Å². The minimum Gasteiger partial charge on any atom is -0.302 e. The molecule has 0 radical (unpaired) electrons. The van der Waals surface area contributed by atoms with Crippen LogP contribution in [0.15, 0.2) is 22.7 Å². The maximum absolute atomic E-state index is 6.18. The van der Waals surface area contributed by atoms with E-state index in [1.165, 1.54) is 17.7 Å². The molecule has 2 rings (SSSR count). The zero-order valence-electron chi connectivity index (χ0n) is 7.59. The second kappa shape index (κ2) is 4.88. The van der Waals surface area contributed by atoms with Crippen molar-refractivity contribution in [2.24, 2.45) is 0 Å². The van der Waals surface area contributed by atoms with E-state index < -0.39 is 0 Å². The van der Waals surface area contributed by atoms with E-state index in [-0.39, 0.29) is 0 Å². The molecule has 1 heterocycles. The van der Waals surface area contributed by atoms with E-state index in [0.717, 1.165) is 16.0 Å². The molecular weight excluding hydrogens is 282 g/mol. The van der Waals surface area contributed by atoms with Gasteiger partial charge in [0.05, 0.1) is 5.37 Å². The Morgan fingerprint density at radius 2 is 2.36 bits per heavy atom. The minimum absolute atomic E-state index is 0.365. The van der Waals surface area contributed by atoms with Gasteiger partial charge in [0.1, 0.15) is 0 Å². The van der Waals surface area contributed by atoms with E-state index >= 15 is 0 Å². The lowest BCUT2D eigenvalue weighted by Gasteiger charge is -2.24. The first-order chi connectivity index (χ1) is 6.77. The third kappa shape index (κ3) is 2.45. The zero-order valence-corrected chi connectivity index (χ0v) is 10.8. The summed E-state index contributed by atoms with van der Waals surface area (Å²) in [7, 11) is 0. The number of hydrogen-bond donors (Lipinski definition) is 1. The van der Waals surface area contributed by atoms with Crippen molar-refractivity contribution in [3.8, 4) is 0 Å². The predicted molar refractivity (Wildman–Crippen MR) is 67.0 cm³/mol. The molecule has 1 aromatic carbocycles. The van der Waals surface area contributed by atoms with Crippen LogP contribution in [0.25, 0.3) is 0 Å². The summed E-state index contributed by atoms with van der Waals surface area (Å²) in [5.41, 5.74) is 1.19. The molecule has 0 bridgehead atoms. The number of hydrogen-bond acceptors (Lipinski definition) is 2. The average Bonchev–Trinajstić information content (AvgIpc) is 2.19. The zero-order chi connectivity index (χ0) is 9.97. The largest absolute Gasteiger partial charge is 0.302 e. The third-order valence-corrected chi connectivity index (χ3v) is 4.28. The Balaban J connectivity index is 2.22. The van der Waals surface area contributed by atoms with Crippen LogP contribution in [0.3, 0.4) is 0 Å². The molecule has 1 fully saturated rings. The SMILES string of the molecule is Clc1cc(Br)ccc1C1NCCCS1. The third-order valence-electron chi connectivity index (χ3n) is 2.18. The van der Waals surface area contributed by atoms with Crippen LogP contribution in [0, 0.1) is 0 Å². The topological polar surface area (TPSA) is 12.0 Å². The van der Waals surface area contributed by atoms with E-state index in [4.69, 9.17) is 11.6 Å². The van der Waals surface area contributed by atoms with Gasteiger partial charge < -0.3 is 5.32 Å². The number of thioether (sulfide) groups is 1. The summed E-state index contributed by atoms with van der Waals surface area (Å²) in [6.07, 6.45) is 1.25. The standard InChI is InChI=1S/C10H11BrClNS/c11-7-2-3-8(9(12)6-7)10-13-4-1-5-14-10/h2-3,6,10,13H,1,4-5H2. The quantitative estimate of drug-likeness (QED) is 0.844. The van der Waals surface area contributed by atoms with E-state index in [2.05, 4.69) is 27.3 Å². The normalized spacial score (nSPS) is 22.3. The Hall–Kier alpha value is 0.300. The molecule has 1 aliphatic rings. The molecule has 1 N–H and O–H groups in total. The fourth-order valence-electron chi connectivity index (χ4n) is 1.48. The van der Waals surface area contributed by atoms with Crippen molar-refractivity contribution < 1.29 is 0 Å². The van der Waals surface area contributed by atoms with Crippen LogP contribution in [0.4, 0.5) is 0 Å². The van der Waals surface area contributed by atoms with Crippen LogP contribution in [0.5, 0.6) is 0 Å². The van der Waals surface area contributed by atoms with Crippen molar-refractivity contribution in [1.29, 1.82) is 0 Å². The molecule has 0 aromatic heterocycles. The Kier molecular flexibility index (Phi) is 3.77. The van der Waals surface area contributed by atoms with E-state index in [9.17, 15) is 0 Å². The molecule has 1 saturated heterocycles. The molecule has 0 saturated carbocycles. The van der Waals surface area contributed by atoms with Gasteiger partial charge in [0.2, 0.25) is 0 Å². The first-order valence-electron chi connectivity index (χ1n) is 4.57. The lowest BCUT2D eigenvalue weighted by molar-refractivity contribution is 0.643. The van der Waals surface area contributed by atoms with Gasteiger partial charge in [-0.15, -0.1) is 11.8 Å². The summed E-state index contributed by atoms with van der Waals surface area (Å²) < 4.78 is 1.03. The van der Waals surface area contributed by atoms with Crippen LogP contribution in [-0.2, 0) is 0 Å². The highest BCUT2D eigenvalue weighted by Gasteiger charge is 2.17. The molecule has 0 aliphatic carbocycles. The highest BCUT2D eigenvalue weighted by Crippen LogP contribution is 2.34. The van der Waals surface area contributed by atoms with Crippen LogP contribution in [0.1, 0.15) is 17.4 Å². The van der Waals surface area contributed by atoms with E-state index in [1.807, 2.05) is 23.9 Å². The highest BCUT2D eigenvalue weighted by atomic mass is 79.9. The van der Waals surface area contributed by atoms with Crippen molar-refractivity contribution in [2.45, 2.75) is 11.8 Å². The second-order valence-electron chi connectivity index (χ2n) is 3.22. The molecule has 1 unspecified atom stereocenters.